The topological polar surface area (TPSA) is 40.7 Å². The predicted molar refractivity (Wildman–Crippen MR) is 50.4 cm³/mol. The molecule has 1 aliphatic carbocycles. The van der Waals surface area contributed by atoms with Gasteiger partial charge in [0.2, 0.25) is 0 Å². The first-order chi connectivity index (χ1) is 6.43. The van der Waals surface area contributed by atoms with Gasteiger partial charge >= 0.3 is 0 Å². The summed E-state index contributed by atoms with van der Waals surface area (Å²) >= 11 is 0. The van der Waals surface area contributed by atoms with Crippen LogP contribution in [-0.4, -0.2) is 22.8 Å². The molecular weight excluding hydrogens is 162 g/mol. The maximum absolute atomic E-state index is 4.08. The summed E-state index contributed by atoms with van der Waals surface area (Å²) in [5.41, 5.74) is 2.72. The number of aromatic amines is 1. The molecule has 68 valence electrons. The highest BCUT2D eigenvalue weighted by molar-refractivity contribution is 5.25. The molecule has 0 spiro atoms. The van der Waals surface area contributed by atoms with Crippen LogP contribution in [-0.2, 0) is 12.8 Å². The van der Waals surface area contributed by atoms with Crippen molar-refractivity contribution in [2.45, 2.75) is 18.9 Å². The van der Waals surface area contributed by atoms with E-state index in [1.165, 1.54) is 11.3 Å². The molecule has 0 radical (unpaired) electrons. The quantitative estimate of drug-likeness (QED) is 0.568. The number of nitrogens with zero attached hydrogens (tertiary/aromatic N) is 1. The Hall–Kier alpha value is -1.09. The first-order valence-corrected chi connectivity index (χ1v) is 4.84. The largest absolute Gasteiger partial charge is 0.310 e. The van der Waals surface area contributed by atoms with E-state index in [1.807, 2.05) is 6.20 Å². The number of hydrogen-bond donors (Lipinski definition) is 2. The molecule has 2 aliphatic rings. The molecule has 0 unspecified atom stereocenters. The van der Waals surface area contributed by atoms with E-state index in [2.05, 4.69) is 27.7 Å². The number of H-pyrrole nitrogens is 1. The van der Waals surface area contributed by atoms with E-state index in [0.29, 0.717) is 12.0 Å². The van der Waals surface area contributed by atoms with Crippen molar-refractivity contribution in [3.63, 3.8) is 0 Å². The van der Waals surface area contributed by atoms with Gasteiger partial charge in [0.05, 0.1) is 6.20 Å². The smallest absolute Gasteiger partial charge is 0.0522 e. The minimum Gasteiger partial charge on any atom is -0.310 e. The summed E-state index contributed by atoms with van der Waals surface area (Å²) in [6.45, 7) is 1.02. The maximum atomic E-state index is 4.08. The molecule has 3 heteroatoms. The second-order valence-electron chi connectivity index (χ2n) is 3.89. The third-order valence-corrected chi connectivity index (χ3v) is 3.09. The zero-order valence-corrected chi connectivity index (χ0v) is 7.46. The van der Waals surface area contributed by atoms with Crippen molar-refractivity contribution in [3.05, 3.63) is 29.6 Å². The summed E-state index contributed by atoms with van der Waals surface area (Å²) in [5.74, 6) is 0.668. The summed E-state index contributed by atoms with van der Waals surface area (Å²) in [6.07, 6.45) is 8.77. The van der Waals surface area contributed by atoms with Gasteiger partial charge in [0.15, 0.2) is 0 Å². The average molecular weight is 175 g/mol. The van der Waals surface area contributed by atoms with E-state index in [4.69, 9.17) is 0 Å². The van der Waals surface area contributed by atoms with Crippen LogP contribution < -0.4 is 5.32 Å². The van der Waals surface area contributed by atoms with Crippen LogP contribution in [0, 0.1) is 5.92 Å². The molecule has 1 aromatic heterocycles. The Bertz CT molecular complexity index is 340. The standard InChI is InChI=1S/C10H13N3/c1-2-7-4-10-8(6-12-13-10)5-9(7)11-3-1/h1-2,6-7,9,11H,3-5H2,(H,12,13)/t7-,9-/m1/s1. The van der Waals surface area contributed by atoms with Gasteiger partial charge in [-0.1, -0.05) is 12.2 Å². The Morgan fingerprint density at radius 1 is 1.38 bits per heavy atom. The second kappa shape index (κ2) is 2.70. The van der Waals surface area contributed by atoms with Crippen LogP contribution in [0.25, 0.3) is 0 Å². The molecule has 0 bridgehead atoms. The molecule has 0 saturated carbocycles. The monoisotopic (exact) mass is 175 g/mol. The van der Waals surface area contributed by atoms with Crippen molar-refractivity contribution in [2.75, 3.05) is 6.54 Å². The van der Waals surface area contributed by atoms with Gasteiger partial charge in [-0.05, 0) is 24.3 Å². The highest BCUT2D eigenvalue weighted by Gasteiger charge is 2.28. The minimum atomic E-state index is 0.634. The SMILES string of the molecule is C1=C[C@@H]2Cc3[nH]ncc3C[C@H]2NC1. The molecule has 3 rings (SSSR count). The summed E-state index contributed by atoms with van der Waals surface area (Å²) in [5, 5.41) is 10.7. The third-order valence-electron chi connectivity index (χ3n) is 3.09. The second-order valence-corrected chi connectivity index (χ2v) is 3.89. The zero-order valence-electron chi connectivity index (χ0n) is 7.46. The number of nitrogens with one attached hydrogen (secondary N) is 2. The lowest BCUT2D eigenvalue weighted by atomic mass is 9.82. The van der Waals surface area contributed by atoms with E-state index in [9.17, 15) is 0 Å². The lowest BCUT2D eigenvalue weighted by molar-refractivity contribution is 0.379. The summed E-state index contributed by atoms with van der Waals surface area (Å²) in [7, 11) is 0. The van der Waals surface area contributed by atoms with Gasteiger partial charge in [0.1, 0.15) is 0 Å². The number of rotatable bonds is 0. The average Bonchev–Trinajstić information content (AvgIpc) is 2.61. The molecule has 1 aliphatic heterocycles. The van der Waals surface area contributed by atoms with Gasteiger partial charge in [-0.25, -0.2) is 0 Å². The maximum Gasteiger partial charge on any atom is 0.0522 e. The molecule has 2 atom stereocenters. The summed E-state index contributed by atoms with van der Waals surface area (Å²) in [4.78, 5) is 0. The molecular formula is C10H13N3. The number of hydrogen-bond acceptors (Lipinski definition) is 2. The Balaban J connectivity index is 1.95. The van der Waals surface area contributed by atoms with Crippen LogP contribution in [0.3, 0.4) is 0 Å². The van der Waals surface area contributed by atoms with Crippen LogP contribution in [0.4, 0.5) is 0 Å². The summed E-state index contributed by atoms with van der Waals surface area (Å²) in [6, 6.07) is 0.634. The zero-order chi connectivity index (χ0) is 8.67. The van der Waals surface area contributed by atoms with Gasteiger partial charge < -0.3 is 5.32 Å². The van der Waals surface area contributed by atoms with Crippen molar-refractivity contribution in [2.24, 2.45) is 5.92 Å². The van der Waals surface area contributed by atoms with E-state index >= 15 is 0 Å². The molecule has 13 heavy (non-hydrogen) atoms. The van der Waals surface area contributed by atoms with Gasteiger partial charge in [0.25, 0.3) is 0 Å². The van der Waals surface area contributed by atoms with Crippen LogP contribution in [0.1, 0.15) is 11.3 Å². The Morgan fingerprint density at radius 3 is 3.38 bits per heavy atom. The van der Waals surface area contributed by atoms with Crippen molar-refractivity contribution in [1.29, 1.82) is 0 Å². The Labute approximate surface area is 77.2 Å². The van der Waals surface area contributed by atoms with Gasteiger partial charge in [-0.15, -0.1) is 0 Å². The van der Waals surface area contributed by atoms with E-state index < -0.39 is 0 Å². The van der Waals surface area contributed by atoms with Gasteiger partial charge in [-0.2, -0.15) is 5.10 Å². The summed E-state index contributed by atoms with van der Waals surface area (Å²) < 4.78 is 0. The first kappa shape index (κ1) is 7.33. The van der Waals surface area contributed by atoms with E-state index in [0.717, 1.165) is 19.4 Å². The van der Waals surface area contributed by atoms with Crippen molar-refractivity contribution >= 4 is 0 Å². The molecule has 2 heterocycles. The first-order valence-electron chi connectivity index (χ1n) is 4.84. The van der Waals surface area contributed by atoms with Crippen LogP contribution in [0.2, 0.25) is 0 Å². The molecule has 0 saturated heterocycles. The van der Waals surface area contributed by atoms with Crippen LogP contribution in [0.5, 0.6) is 0 Å². The lowest BCUT2D eigenvalue weighted by Gasteiger charge is -2.32. The normalized spacial score (nSPS) is 31.1. The fourth-order valence-electron chi connectivity index (χ4n) is 2.34. The third kappa shape index (κ3) is 1.11. The minimum absolute atomic E-state index is 0.634. The van der Waals surface area contributed by atoms with Crippen molar-refractivity contribution in [3.8, 4) is 0 Å². The van der Waals surface area contributed by atoms with Crippen LogP contribution in [0.15, 0.2) is 18.3 Å². The molecule has 0 aromatic carbocycles. The highest BCUT2D eigenvalue weighted by Crippen LogP contribution is 2.26. The van der Waals surface area contributed by atoms with Crippen LogP contribution >= 0.6 is 0 Å². The lowest BCUT2D eigenvalue weighted by Crippen LogP contribution is -2.43. The highest BCUT2D eigenvalue weighted by atomic mass is 15.1. The predicted octanol–water partition coefficient (Wildman–Crippen LogP) is 0.652. The Kier molecular flexibility index (Phi) is 1.52. The molecule has 0 amide bonds. The van der Waals surface area contributed by atoms with E-state index in [1.54, 1.807) is 0 Å². The molecule has 0 fully saturated rings. The van der Waals surface area contributed by atoms with E-state index in [-0.39, 0.29) is 0 Å². The number of aromatic nitrogens is 2. The van der Waals surface area contributed by atoms with Gasteiger partial charge in [0, 0.05) is 18.3 Å². The fourth-order valence-corrected chi connectivity index (χ4v) is 2.34. The van der Waals surface area contributed by atoms with Crippen molar-refractivity contribution < 1.29 is 0 Å². The van der Waals surface area contributed by atoms with Crippen molar-refractivity contribution in [1.82, 2.24) is 15.5 Å². The number of fused-ring (bicyclic) bond motifs is 2. The molecule has 1 aromatic rings. The Morgan fingerprint density at radius 2 is 2.38 bits per heavy atom. The fraction of sp³-hybridized carbons (Fsp3) is 0.500. The van der Waals surface area contributed by atoms with Gasteiger partial charge in [-0.3, -0.25) is 5.10 Å². The molecule has 2 N–H and O–H groups in total. The molecule has 3 nitrogen and oxygen atoms in total.